The topological polar surface area (TPSA) is 156 Å². The lowest BCUT2D eigenvalue weighted by Gasteiger charge is -2.25. The standard InChI is InChI=1S/C28H34N7O6P/c1-5-28-14-20(15-39-42(37,33-17(3)26(36)38-6-2)41-19-10-8-7-9-11-19)40-23(28)22(28)35-16-30-21-24(34(4)18-12-13-18)31-27(29)32-25(21)35/h1,7-11,16-18,20,22-23H,6,12-15H2,2-4H3,(H,33,37)(H2,29,31,32)/t17-,20+,22?,23+,28+,42+/m1/s1. The van der Waals surface area contributed by atoms with E-state index in [0.717, 1.165) is 12.8 Å². The Labute approximate surface area is 243 Å². The van der Waals surface area contributed by atoms with Gasteiger partial charge in [0, 0.05) is 13.1 Å². The van der Waals surface area contributed by atoms with Gasteiger partial charge in [-0.3, -0.25) is 9.32 Å². The second-order valence-electron chi connectivity index (χ2n) is 10.9. The number of nitrogens with one attached hydrogen (secondary N) is 1. The average molecular weight is 596 g/mol. The summed E-state index contributed by atoms with van der Waals surface area (Å²) in [6.07, 6.45) is 9.65. The zero-order valence-electron chi connectivity index (χ0n) is 23.7. The SMILES string of the molecule is C#C[C@@]12C[C@@H](CO[P@@](=O)(N[C@H](C)C(=O)OCC)Oc3ccccc3)O[C@H]1C2n1cnc2c(N(C)C3CC3)nc(N)nc21. The molecule has 3 aromatic rings. The Morgan fingerprint density at radius 3 is 2.79 bits per heavy atom. The number of benzene rings is 1. The summed E-state index contributed by atoms with van der Waals surface area (Å²) in [7, 11) is -2.03. The number of imidazole rings is 1. The van der Waals surface area contributed by atoms with E-state index in [2.05, 4.69) is 30.9 Å². The van der Waals surface area contributed by atoms with Crippen LogP contribution in [0.1, 0.15) is 39.2 Å². The number of carbonyl (C=O) groups excluding carboxylic acids is 1. The highest BCUT2D eigenvalue weighted by Gasteiger charge is 2.72. The molecule has 1 aromatic carbocycles. The van der Waals surface area contributed by atoms with Crippen LogP contribution in [0.25, 0.3) is 11.2 Å². The summed E-state index contributed by atoms with van der Waals surface area (Å²) >= 11 is 0. The fraction of sp³-hybridized carbons (Fsp3) is 0.500. The molecule has 3 heterocycles. The third-order valence-corrected chi connectivity index (χ3v) is 9.57. The minimum Gasteiger partial charge on any atom is -0.465 e. The fourth-order valence-electron chi connectivity index (χ4n) is 5.62. The maximum absolute atomic E-state index is 13.8. The van der Waals surface area contributed by atoms with Gasteiger partial charge in [0.2, 0.25) is 5.95 Å². The highest BCUT2D eigenvalue weighted by Crippen LogP contribution is 2.66. The molecule has 2 aromatic heterocycles. The van der Waals surface area contributed by atoms with Gasteiger partial charge < -0.3 is 29.2 Å². The molecule has 14 heteroatoms. The maximum Gasteiger partial charge on any atom is 0.459 e. The first-order chi connectivity index (χ1) is 20.2. The molecule has 222 valence electrons. The Kier molecular flexibility index (Phi) is 7.35. The van der Waals surface area contributed by atoms with Gasteiger partial charge in [-0.2, -0.15) is 15.1 Å². The van der Waals surface area contributed by atoms with Crippen molar-refractivity contribution in [2.75, 3.05) is 30.9 Å². The molecule has 0 bridgehead atoms. The number of ether oxygens (including phenoxy) is 2. The van der Waals surface area contributed by atoms with Crippen LogP contribution in [0, 0.1) is 17.8 Å². The lowest BCUT2D eigenvalue weighted by Crippen LogP contribution is -2.35. The van der Waals surface area contributed by atoms with Gasteiger partial charge in [-0.15, -0.1) is 6.42 Å². The summed E-state index contributed by atoms with van der Waals surface area (Å²) in [4.78, 5) is 27.9. The summed E-state index contributed by atoms with van der Waals surface area (Å²) in [5.41, 5.74) is 6.73. The molecule has 6 atom stereocenters. The van der Waals surface area contributed by atoms with Gasteiger partial charge in [0.05, 0.1) is 43.2 Å². The Hall–Kier alpha value is -3.69. The van der Waals surface area contributed by atoms with E-state index in [1.165, 1.54) is 6.92 Å². The molecule has 0 spiro atoms. The number of nitrogens with two attached hydrogens (primary N) is 1. The second-order valence-corrected chi connectivity index (χ2v) is 12.6. The fourth-order valence-corrected chi connectivity index (χ4v) is 7.14. The van der Waals surface area contributed by atoms with Crippen molar-refractivity contribution >= 4 is 36.6 Å². The van der Waals surface area contributed by atoms with Crippen LogP contribution < -0.4 is 20.2 Å². The van der Waals surface area contributed by atoms with Gasteiger partial charge in [0.1, 0.15) is 11.8 Å². The normalized spacial score (nSPS) is 26.6. The van der Waals surface area contributed by atoms with Crippen molar-refractivity contribution in [1.29, 1.82) is 0 Å². The largest absolute Gasteiger partial charge is 0.465 e. The predicted molar refractivity (Wildman–Crippen MR) is 155 cm³/mol. The van der Waals surface area contributed by atoms with Crippen molar-refractivity contribution in [1.82, 2.24) is 24.6 Å². The summed E-state index contributed by atoms with van der Waals surface area (Å²) in [5.74, 6) is 3.54. The van der Waals surface area contributed by atoms with Crippen molar-refractivity contribution in [2.45, 2.75) is 63.4 Å². The number of hydrogen-bond donors (Lipinski definition) is 2. The molecule has 3 fully saturated rings. The molecular weight excluding hydrogens is 561 g/mol. The molecule has 13 nitrogen and oxygen atoms in total. The van der Waals surface area contributed by atoms with E-state index < -0.39 is 31.3 Å². The van der Waals surface area contributed by atoms with Crippen molar-refractivity contribution in [3.8, 4) is 18.1 Å². The van der Waals surface area contributed by atoms with Crippen molar-refractivity contribution < 1.29 is 27.9 Å². The second kappa shape index (κ2) is 10.9. The number of nitrogens with zero attached hydrogens (tertiary/aromatic N) is 5. The molecule has 42 heavy (non-hydrogen) atoms. The number of hydrogen-bond acceptors (Lipinski definition) is 11. The Bertz CT molecular complexity index is 1570. The minimum atomic E-state index is -4.02. The number of esters is 1. The third kappa shape index (κ3) is 5.20. The first kappa shape index (κ1) is 28.4. The number of fused-ring (bicyclic) bond motifs is 2. The van der Waals surface area contributed by atoms with Crippen molar-refractivity contribution in [3.63, 3.8) is 0 Å². The summed E-state index contributed by atoms with van der Waals surface area (Å²) < 4.78 is 38.6. The molecule has 0 radical (unpaired) electrons. The van der Waals surface area contributed by atoms with E-state index >= 15 is 0 Å². The van der Waals surface area contributed by atoms with Gasteiger partial charge in [-0.1, -0.05) is 24.1 Å². The molecule has 3 N–H and O–H groups in total. The number of rotatable bonds is 12. The van der Waals surface area contributed by atoms with Gasteiger partial charge in [-0.05, 0) is 45.2 Å². The van der Waals surface area contributed by atoms with Gasteiger partial charge in [0.15, 0.2) is 17.0 Å². The molecule has 0 amide bonds. The van der Waals surface area contributed by atoms with E-state index in [1.807, 2.05) is 11.6 Å². The summed E-state index contributed by atoms with van der Waals surface area (Å²) in [6, 6.07) is 7.85. The molecule has 3 aliphatic rings. The van der Waals surface area contributed by atoms with Crippen LogP contribution in [0.4, 0.5) is 11.8 Å². The zero-order valence-corrected chi connectivity index (χ0v) is 24.6. The van der Waals surface area contributed by atoms with Crippen LogP contribution in [0.3, 0.4) is 0 Å². The highest BCUT2D eigenvalue weighted by atomic mass is 31.2. The molecule has 1 aliphatic heterocycles. The third-order valence-electron chi connectivity index (χ3n) is 7.93. The number of nitrogen functional groups attached to an aromatic ring is 1. The van der Waals surface area contributed by atoms with Crippen molar-refractivity contribution in [3.05, 3.63) is 36.7 Å². The first-order valence-corrected chi connectivity index (χ1v) is 15.5. The minimum absolute atomic E-state index is 0.0740. The Balaban J connectivity index is 1.17. The molecule has 2 aliphatic carbocycles. The summed E-state index contributed by atoms with van der Waals surface area (Å²) in [6.45, 7) is 3.33. The van der Waals surface area contributed by atoms with Crippen molar-refractivity contribution in [2.24, 2.45) is 5.41 Å². The average Bonchev–Trinajstić information content (AvgIpc) is 3.84. The van der Waals surface area contributed by atoms with Gasteiger partial charge >= 0.3 is 13.7 Å². The molecule has 1 saturated heterocycles. The number of aromatic nitrogens is 4. The number of terminal acetylenes is 1. The van der Waals surface area contributed by atoms with E-state index in [4.69, 9.17) is 30.7 Å². The zero-order chi connectivity index (χ0) is 29.6. The highest BCUT2D eigenvalue weighted by molar-refractivity contribution is 7.52. The number of carbonyl (C=O) groups is 1. The predicted octanol–water partition coefficient (Wildman–Crippen LogP) is 3.08. The molecular formula is C28H34N7O6P. The number of para-hydroxylation sites is 1. The lowest BCUT2D eigenvalue weighted by atomic mass is 10.0. The Morgan fingerprint density at radius 1 is 1.36 bits per heavy atom. The monoisotopic (exact) mass is 595 g/mol. The number of anilines is 2. The van der Waals surface area contributed by atoms with Crippen LogP contribution >= 0.6 is 7.75 Å². The van der Waals surface area contributed by atoms with Crippen LogP contribution in [0.2, 0.25) is 0 Å². The maximum atomic E-state index is 13.8. The van der Waals surface area contributed by atoms with E-state index in [9.17, 15) is 9.36 Å². The van der Waals surface area contributed by atoms with Crippen LogP contribution in [-0.4, -0.2) is 70.0 Å². The van der Waals surface area contributed by atoms with E-state index in [-0.39, 0.29) is 31.3 Å². The van der Waals surface area contributed by atoms with Gasteiger partial charge in [-0.25, -0.2) is 9.55 Å². The first-order valence-electron chi connectivity index (χ1n) is 14.0. The van der Waals surface area contributed by atoms with Crippen LogP contribution in [0.15, 0.2) is 36.7 Å². The Morgan fingerprint density at radius 2 is 2.12 bits per heavy atom. The quantitative estimate of drug-likeness (QED) is 0.180. The van der Waals surface area contributed by atoms with Gasteiger partial charge in [0.25, 0.3) is 0 Å². The van der Waals surface area contributed by atoms with Crippen LogP contribution in [0.5, 0.6) is 5.75 Å². The molecule has 6 rings (SSSR count). The molecule has 1 unspecified atom stereocenters. The van der Waals surface area contributed by atoms with Crippen LogP contribution in [-0.2, 0) is 23.4 Å². The lowest BCUT2D eigenvalue weighted by molar-refractivity contribution is -0.144. The summed E-state index contributed by atoms with van der Waals surface area (Å²) in [5, 5.41) is 2.68. The van der Waals surface area contributed by atoms with E-state index in [0.29, 0.717) is 35.2 Å². The van der Waals surface area contributed by atoms with E-state index in [1.54, 1.807) is 43.6 Å². The molecule has 2 saturated carbocycles. The smallest absolute Gasteiger partial charge is 0.459 e.